The molecule has 5 heteroatoms. The lowest BCUT2D eigenvalue weighted by Gasteiger charge is -2.14. The van der Waals surface area contributed by atoms with Gasteiger partial charge < -0.3 is 14.2 Å². The predicted molar refractivity (Wildman–Crippen MR) is 70.6 cm³/mol. The van der Waals surface area contributed by atoms with Crippen molar-refractivity contribution in [2.24, 2.45) is 0 Å². The molecule has 0 atom stereocenters. The summed E-state index contributed by atoms with van der Waals surface area (Å²) in [6.45, 7) is 9.36. The van der Waals surface area contributed by atoms with Gasteiger partial charge in [0.1, 0.15) is 15.4 Å². The van der Waals surface area contributed by atoms with Crippen molar-refractivity contribution in [3.8, 4) is 0 Å². The molecule has 0 saturated carbocycles. The van der Waals surface area contributed by atoms with Crippen LogP contribution in [0.5, 0.6) is 0 Å². The fraction of sp³-hybridized carbons (Fsp3) is 0.750. The van der Waals surface area contributed by atoms with Crippen molar-refractivity contribution in [1.82, 2.24) is 0 Å². The number of rotatable bonds is 9. The molecule has 0 spiro atoms. The second-order valence-corrected chi connectivity index (χ2v) is 5.15. The first kappa shape index (κ1) is 16.3. The van der Waals surface area contributed by atoms with Crippen LogP contribution in [0.2, 0.25) is 0 Å². The largest absolute Gasteiger partial charge is 0.462 e. The lowest BCUT2D eigenvalue weighted by molar-refractivity contribution is -0.138. The van der Waals surface area contributed by atoms with Gasteiger partial charge in [0.05, 0.1) is 6.61 Å². The van der Waals surface area contributed by atoms with Gasteiger partial charge in [0.15, 0.2) is 0 Å². The predicted octanol–water partition coefficient (Wildman–Crippen LogP) is 1.37. The quantitative estimate of drug-likeness (QED) is 0.272. The van der Waals surface area contributed by atoms with Crippen molar-refractivity contribution in [1.29, 1.82) is 0 Å². The van der Waals surface area contributed by atoms with E-state index >= 15 is 0 Å². The highest BCUT2D eigenvalue weighted by atomic mass is 28.2. The molecule has 0 aliphatic rings. The topological polar surface area (TPSA) is 44.8 Å². The minimum Gasteiger partial charge on any atom is -0.462 e. The Morgan fingerprint density at radius 2 is 1.82 bits per heavy atom. The molecule has 17 heavy (non-hydrogen) atoms. The fourth-order valence-corrected chi connectivity index (χ4v) is 2.68. The molecule has 0 unspecified atom stereocenters. The highest BCUT2D eigenvalue weighted by Gasteiger charge is 2.09. The van der Waals surface area contributed by atoms with E-state index in [1.54, 1.807) is 6.92 Å². The number of hydrogen-bond acceptors (Lipinski definition) is 4. The Kier molecular flexibility index (Phi) is 10.1. The second-order valence-electron chi connectivity index (χ2n) is 3.60. The highest BCUT2D eigenvalue weighted by molar-refractivity contribution is 6.44. The first-order valence-electron chi connectivity index (χ1n) is 6.22. The molecule has 0 aromatic heterocycles. The van der Waals surface area contributed by atoms with Crippen molar-refractivity contribution in [3.05, 3.63) is 11.3 Å². The molecule has 100 valence electrons. The minimum atomic E-state index is -0.718. The van der Waals surface area contributed by atoms with Crippen LogP contribution >= 0.6 is 0 Å². The van der Waals surface area contributed by atoms with E-state index < -0.39 is 9.52 Å². The molecule has 0 aromatic rings. The fourth-order valence-electron chi connectivity index (χ4n) is 1.22. The zero-order chi connectivity index (χ0) is 13.1. The van der Waals surface area contributed by atoms with Crippen LogP contribution in [-0.4, -0.2) is 41.2 Å². The third-order valence-electron chi connectivity index (χ3n) is 2.08. The maximum atomic E-state index is 11.5. The van der Waals surface area contributed by atoms with Gasteiger partial charge in [0.25, 0.3) is 0 Å². The molecule has 0 aliphatic heterocycles. The molecule has 0 N–H and O–H groups in total. The molecule has 0 bridgehead atoms. The van der Waals surface area contributed by atoms with Gasteiger partial charge in [-0.1, -0.05) is 12.6 Å². The zero-order valence-electron chi connectivity index (χ0n) is 11.3. The molecule has 0 rings (SSSR count). The summed E-state index contributed by atoms with van der Waals surface area (Å²) in [5, 5.41) is 0. The SMILES string of the molecule is CCCOC(=O)C(C)=C[SiH2]C(OCC)OCC. The van der Waals surface area contributed by atoms with E-state index in [4.69, 9.17) is 14.2 Å². The highest BCUT2D eigenvalue weighted by Crippen LogP contribution is 2.00. The third-order valence-corrected chi connectivity index (χ3v) is 3.79. The van der Waals surface area contributed by atoms with Gasteiger partial charge in [-0.15, -0.1) is 0 Å². The van der Waals surface area contributed by atoms with Gasteiger partial charge in [-0.25, -0.2) is 4.79 Å². The average Bonchev–Trinajstić information content (AvgIpc) is 2.33. The van der Waals surface area contributed by atoms with Crippen LogP contribution in [0.3, 0.4) is 0 Å². The summed E-state index contributed by atoms with van der Waals surface area (Å²) in [7, 11) is -0.718. The summed E-state index contributed by atoms with van der Waals surface area (Å²) in [6.07, 6.45) is 0.844. The van der Waals surface area contributed by atoms with Gasteiger partial charge in [-0.05, 0) is 27.2 Å². The smallest absolute Gasteiger partial charge is 0.332 e. The molecule has 0 aromatic carbocycles. The van der Waals surface area contributed by atoms with Gasteiger partial charge in [-0.3, -0.25) is 0 Å². The molecule has 0 fully saturated rings. The van der Waals surface area contributed by atoms with Crippen LogP contribution in [-0.2, 0) is 19.0 Å². The zero-order valence-corrected chi connectivity index (χ0v) is 12.7. The van der Waals surface area contributed by atoms with Crippen LogP contribution in [0.4, 0.5) is 0 Å². The summed E-state index contributed by atoms with van der Waals surface area (Å²) >= 11 is 0. The summed E-state index contributed by atoms with van der Waals surface area (Å²) in [6, 6.07) is 0. The molecule has 0 aliphatic carbocycles. The lowest BCUT2D eigenvalue weighted by atomic mass is 10.4. The van der Waals surface area contributed by atoms with Gasteiger partial charge in [0.2, 0.25) is 0 Å². The Morgan fingerprint density at radius 3 is 2.29 bits per heavy atom. The van der Waals surface area contributed by atoms with Crippen molar-refractivity contribution in [2.45, 2.75) is 40.0 Å². The van der Waals surface area contributed by atoms with Crippen molar-refractivity contribution in [3.63, 3.8) is 0 Å². The van der Waals surface area contributed by atoms with Gasteiger partial charge in [-0.2, -0.15) is 0 Å². The van der Waals surface area contributed by atoms with E-state index in [1.165, 1.54) is 0 Å². The maximum Gasteiger partial charge on any atom is 0.332 e. The average molecular weight is 260 g/mol. The Bertz CT molecular complexity index is 235. The van der Waals surface area contributed by atoms with Crippen LogP contribution in [0, 0.1) is 0 Å². The van der Waals surface area contributed by atoms with E-state index in [9.17, 15) is 4.79 Å². The molecular formula is C12H24O4Si. The van der Waals surface area contributed by atoms with Crippen LogP contribution in [0.15, 0.2) is 11.3 Å². The molecule has 0 heterocycles. The first-order chi connectivity index (χ1) is 8.15. The van der Waals surface area contributed by atoms with Crippen LogP contribution < -0.4 is 0 Å². The Morgan fingerprint density at radius 1 is 1.24 bits per heavy atom. The van der Waals surface area contributed by atoms with E-state index in [0.717, 1.165) is 6.42 Å². The van der Waals surface area contributed by atoms with E-state index in [-0.39, 0.29) is 11.9 Å². The van der Waals surface area contributed by atoms with E-state index in [2.05, 4.69) is 0 Å². The molecule has 0 radical (unpaired) electrons. The lowest BCUT2D eigenvalue weighted by Crippen LogP contribution is -2.24. The second kappa shape index (κ2) is 10.5. The van der Waals surface area contributed by atoms with E-state index in [0.29, 0.717) is 25.4 Å². The summed E-state index contributed by atoms with van der Waals surface area (Å²) in [4.78, 5) is 11.5. The first-order valence-corrected chi connectivity index (χ1v) is 7.86. The summed E-state index contributed by atoms with van der Waals surface area (Å²) < 4.78 is 15.9. The number of carbonyl (C=O) groups excluding carboxylic acids is 1. The number of hydrogen-bond donors (Lipinski definition) is 0. The van der Waals surface area contributed by atoms with E-state index in [1.807, 2.05) is 26.5 Å². The molecule has 4 nitrogen and oxygen atoms in total. The van der Waals surface area contributed by atoms with Crippen molar-refractivity contribution >= 4 is 15.5 Å². The van der Waals surface area contributed by atoms with Crippen LogP contribution in [0.25, 0.3) is 0 Å². The third kappa shape index (κ3) is 8.12. The van der Waals surface area contributed by atoms with Crippen molar-refractivity contribution < 1.29 is 19.0 Å². The monoisotopic (exact) mass is 260 g/mol. The standard InChI is InChI=1S/C12H24O4Si/c1-5-8-16-11(13)10(4)9-17-12(14-6-2)15-7-3/h9,12H,5-8,17H2,1-4H3. The maximum absolute atomic E-state index is 11.5. The number of ether oxygens (including phenoxy) is 3. The van der Waals surface area contributed by atoms with Crippen LogP contribution in [0.1, 0.15) is 34.1 Å². The molecular weight excluding hydrogens is 236 g/mol. The molecule has 0 amide bonds. The number of carbonyl (C=O) groups is 1. The summed E-state index contributed by atoms with van der Waals surface area (Å²) in [5.74, 6) is -0.370. The number of esters is 1. The Balaban J connectivity index is 4.12. The minimum absolute atomic E-state index is 0.140. The summed E-state index contributed by atoms with van der Waals surface area (Å²) in [5.41, 5.74) is 2.60. The molecule has 0 saturated heterocycles. The van der Waals surface area contributed by atoms with Crippen molar-refractivity contribution in [2.75, 3.05) is 19.8 Å². The van der Waals surface area contributed by atoms with Gasteiger partial charge >= 0.3 is 5.97 Å². The Labute approximate surface area is 106 Å². The van der Waals surface area contributed by atoms with Gasteiger partial charge in [0, 0.05) is 18.8 Å². The normalized spacial score (nSPS) is 12.6. The Hall–Kier alpha value is -0.653.